The van der Waals surface area contributed by atoms with E-state index in [1.54, 1.807) is 6.92 Å². The highest BCUT2D eigenvalue weighted by atomic mass is 19.3. The highest BCUT2D eigenvalue weighted by Crippen LogP contribution is 2.24. The number of anilines is 1. The van der Waals surface area contributed by atoms with Gasteiger partial charge in [0.2, 0.25) is 0 Å². The van der Waals surface area contributed by atoms with E-state index in [0.29, 0.717) is 0 Å². The molecule has 1 aromatic rings. The molecule has 1 heterocycles. The lowest BCUT2D eigenvalue weighted by atomic mass is 10.1. The zero-order valence-corrected chi connectivity index (χ0v) is 8.74. The number of halogens is 2. The Bertz CT molecular complexity index is 383. The lowest BCUT2D eigenvalue weighted by Crippen LogP contribution is -2.10. The fourth-order valence-corrected chi connectivity index (χ4v) is 1.23. The number of esters is 1. The highest BCUT2D eigenvalue weighted by Gasteiger charge is 2.16. The molecule has 0 unspecified atom stereocenters. The molecule has 0 amide bonds. The van der Waals surface area contributed by atoms with Crippen LogP contribution < -0.4 is 5.73 Å². The van der Waals surface area contributed by atoms with Crippen LogP contribution in [0.4, 0.5) is 14.6 Å². The first kappa shape index (κ1) is 12.4. The molecule has 0 aliphatic heterocycles. The van der Waals surface area contributed by atoms with Crippen molar-refractivity contribution in [2.45, 2.75) is 19.8 Å². The van der Waals surface area contributed by atoms with Crippen LogP contribution in [0.2, 0.25) is 0 Å². The van der Waals surface area contributed by atoms with Gasteiger partial charge in [-0.25, -0.2) is 13.8 Å². The molecule has 88 valence electrons. The Kier molecular flexibility index (Phi) is 4.16. The van der Waals surface area contributed by atoms with Crippen molar-refractivity contribution in [3.63, 3.8) is 0 Å². The minimum atomic E-state index is -2.69. The Morgan fingerprint density at radius 1 is 1.62 bits per heavy atom. The van der Waals surface area contributed by atoms with Crippen LogP contribution in [-0.2, 0) is 16.0 Å². The third-order valence-corrected chi connectivity index (χ3v) is 1.92. The lowest BCUT2D eigenvalue weighted by Gasteiger charge is -2.08. The summed E-state index contributed by atoms with van der Waals surface area (Å²) in [6.45, 7) is 1.86. The summed E-state index contributed by atoms with van der Waals surface area (Å²) in [7, 11) is 0. The first-order valence-electron chi connectivity index (χ1n) is 4.72. The van der Waals surface area contributed by atoms with E-state index < -0.39 is 12.4 Å². The molecule has 4 nitrogen and oxygen atoms in total. The van der Waals surface area contributed by atoms with Gasteiger partial charge in [0, 0.05) is 11.8 Å². The smallest absolute Gasteiger partial charge is 0.310 e. The summed E-state index contributed by atoms with van der Waals surface area (Å²) in [5, 5.41) is 0. The van der Waals surface area contributed by atoms with E-state index in [-0.39, 0.29) is 30.0 Å². The minimum absolute atomic E-state index is 0.00269. The first-order chi connectivity index (χ1) is 7.54. The molecule has 0 aliphatic carbocycles. The van der Waals surface area contributed by atoms with Gasteiger partial charge in [0.15, 0.2) is 0 Å². The van der Waals surface area contributed by atoms with Gasteiger partial charge in [-0.2, -0.15) is 0 Å². The summed E-state index contributed by atoms with van der Waals surface area (Å²) in [5.41, 5.74) is 5.16. The molecule has 0 spiro atoms. The Morgan fingerprint density at radius 3 is 2.88 bits per heavy atom. The molecule has 16 heavy (non-hydrogen) atoms. The van der Waals surface area contributed by atoms with Crippen molar-refractivity contribution in [2.75, 3.05) is 12.3 Å². The summed E-state index contributed by atoms with van der Waals surface area (Å²) in [6.07, 6.45) is -1.73. The molecule has 1 rings (SSSR count). The topological polar surface area (TPSA) is 65.2 Å². The molecule has 0 fully saturated rings. The van der Waals surface area contributed by atoms with Gasteiger partial charge in [-0.3, -0.25) is 4.79 Å². The van der Waals surface area contributed by atoms with Crippen molar-refractivity contribution >= 4 is 11.8 Å². The highest BCUT2D eigenvalue weighted by molar-refractivity contribution is 5.73. The number of carbonyl (C=O) groups is 1. The van der Waals surface area contributed by atoms with E-state index >= 15 is 0 Å². The van der Waals surface area contributed by atoms with Crippen LogP contribution >= 0.6 is 0 Å². The van der Waals surface area contributed by atoms with Crippen molar-refractivity contribution in [3.05, 3.63) is 23.4 Å². The van der Waals surface area contributed by atoms with Crippen molar-refractivity contribution < 1.29 is 18.3 Å². The quantitative estimate of drug-likeness (QED) is 0.799. The molecule has 0 atom stereocenters. The number of carbonyl (C=O) groups excluding carboxylic acids is 1. The van der Waals surface area contributed by atoms with Gasteiger partial charge in [-0.15, -0.1) is 0 Å². The van der Waals surface area contributed by atoms with Gasteiger partial charge < -0.3 is 10.5 Å². The Morgan fingerprint density at radius 2 is 2.31 bits per heavy atom. The largest absolute Gasteiger partial charge is 0.466 e. The van der Waals surface area contributed by atoms with Crippen LogP contribution in [-0.4, -0.2) is 17.6 Å². The third-order valence-electron chi connectivity index (χ3n) is 1.92. The molecular formula is C10H12F2N2O2. The van der Waals surface area contributed by atoms with Gasteiger partial charge in [-0.05, 0) is 18.6 Å². The van der Waals surface area contributed by atoms with E-state index in [4.69, 9.17) is 5.73 Å². The number of nitrogens with two attached hydrogens (primary N) is 1. The normalized spacial score (nSPS) is 10.5. The van der Waals surface area contributed by atoms with Crippen LogP contribution in [0.15, 0.2) is 12.3 Å². The monoisotopic (exact) mass is 230 g/mol. The van der Waals surface area contributed by atoms with E-state index in [0.717, 1.165) is 6.07 Å². The van der Waals surface area contributed by atoms with Crippen molar-refractivity contribution in [2.24, 2.45) is 0 Å². The molecular weight excluding hydrogens is 218 g/mol. The number of pyridine rings is 1. The number of aromatic nitrogens is 1. The van der Waals surface area contributed by atoms with E-state index in [9.17, 15) is 13.6 Å². The Balaban J connectivity index is 2.90. The standard InChI is InChI=1S/C10H12F2N2O2/c1-2-16-9(15)3-6-5-14-8(13)4-7(6)10(11)12/h4-5,10H,2-3H2,1H3,(H2,13,14). The molecule has 0 aromatic carbocycles. The molecule has 2 N–H and O–H groups in total. The molecule has 0 saturated heterocycles. The van der Waals surface area contributed by atoms with E-state index in [1.807, 2.05) is 0 Å². The maximum atomic E-state index is 12.6. The molecule has 0 bridgehead atoms. The molecule has 6 heteroatoms. The Hall–Kier alpha value is -1.72. The lowest BCUT2D eigenvalue weighted by molar-refractivity contribution is -0.142. The summed E-state index contributed by atoms with van der Waals surface area (Å²) >= 11 is 0. The molecule has 0 aliphatic rings. The van der Waals surface area contributed by atoms with Crippen molar-refractivity contribution in [1.29, 1.82) is 0 Å². The van der Waals surface area contributed by atoms with Crippen LogP contribution in [0.1, 0.15) is 24.5 Å². The number of nitrogens with zero attached hydrogens (tertiary/aromatic N) is 1. The fraction of sp³-hybridized carbons (Fsp3) is 0.400. The van der Waals surface area contributed by atoms with Crippen molar-refractivity contribution in [3.8, 4) is 0 Å². The van der Waals surface area contributed by atoms with Gasteiger partial charge >= 0.3 is 5.97 Å². The number of rotatable bonds is 4. The fourth-order valence-electron chi connectivity index (χ4n) is 1.23. The second-order valence-electron chi connectivity index (χ2n) is 3.09. The molecule has 1 aromatic heterocycles. The number of hydrogen-bond acceptors (Lipinski definition) is 4. The van der Waals surface area contributed by atoms with Gasteiger partial charge in [-0.1, -0.05) is 0 Å². The van der Waals surface area contributed by atoms with E-state index in [2.05, 4.69) is 9.72 Å². The first-order valence-corrected chi connectivity index (χ1v) is 4.72. The van der Waals surface area contributed by atoms with Gasteiger partial charge in [0.1, 0.15) is 5.82 Å². The van der Waals surface area contributed by atoms with Crippen LogP contribution in [0.5, 0.6) is 0 Å². The second-order valence-corrected chi connectivity index (χ2v) is 3.09. The maximum absolute atomic E-state index is 12.6. The van der Waals surface area contributed by atoms with Crippen molar-refractivity contribution in [1.82, 2.24) is 4.98 Å². The average Bonchev–Trinajstić information content (AvgIpc) is 2.20. The van der Waals surface area contributed by atoms with Crippen LogP contribution in [0.25, 0.3) is 0 Å². The number of alkyl halides is 2. The minimum Gasteiger partial charge on any atom is -0.466 e. The Labute approximate surface area is 91.4 Å². The number of hydrogen-bond donors (Lipinski definition) is 1. The predicted molar refractivity (Wildman–Crippen MR) is 53.9 cm³/mol. The third kappa shape index (κ3) is 3.15. The summed E-state index contributed by atoms with van der Waals surface area (Å²) < 4.78 is 29.9. The molecule has 0 radical (unpaired) electrons. The number of nitrogen functional groups attached to an aromatic ring is 1. The van der Waals surface area contributed by atoms with Crippen LogP contribution in [0.3, 0.4) is 0 Å². The van der Waals surface area contributed by atoms with E-state index in [1.165, 1.54) is 6.20 Å². The summed E-state index contributed by atoms with van der Waals surface area (Å²) in [4.78, 5) is 14.8. The SMILES string of the molecule is CCOC(=O)Cc1cnc(N)cc1C(F)F. The van der Waals surface area contributed by atoms with Gasteiger partial charge in [0.05, 0.1) is 13.0 Å². The second kappa shape index (κ2) is 5.39. The summed E-state index contributed by atoms with van der Waals surface area (Å²) in [6, 6.07) is 1.07. The summed E-state index contributed by atoms with van der Waals surface area (Å²) in [5.74, 6) is -0.557. The molecule has 0 saturated carbocycles. The van der Waals surface area contributed by atoms with Crippen LogP contribution in [0, 0.1) is 0 Å². The average molecular weight is 230 g/mol. The zero-order chi connectivity index (χ0) is 12.1. The maximum Gasteiger partial charge on any atom is 0.310 e. The predicted octanol–water partition coefficient (Wildman–Crippen LogP) is 1.71. The zero-order valence-electron chi connectivity index (χ0n) is 8.74. The number of ether oxygens (including phenoxy) is 1. The van der Waals surface area contributed by atoms with Gasteiger partial charge in [0.25, 0.3) is 6.43 Å².